The van der Waals surface area contributed by atoms with E-state index in [4.69, 9.17) is 9.47 Å². The summed E-state index contributed by atoms with van der Waals surface area (Å²) >= 11 is 5.67. The van der Waals surface area contributed by atoms with Crippen molar-refractivity contribution >= 4 is 62.5 Å². The number of ether oxygens (including phenoxy) is 2. The molecular weight excluding hydrogens is 556 g/mol. The molecule has 0 aliphatic carbocycles. The summed E-state index contributed by atoms with van der Waals surface area (Å²) in [7, 11) is 0. The van der Waals surface area contributed by atoms with Gasteiger partial charge in [-0.15, -0.1) is 0 Å². The van der Waals surface area contributed by atoms with Crippen LogP contribution in [0.2, 0.25) is 0 Å². The van der Waals surface area contributed by atoms with Crippen LogP contribution >= 0.6 is 39.0 Å². The van der Waals surface area contributed by atoms with Gasteiger partial charge in [-0.1, -0.05) is 51.2 Å². The molecule has 0 bridgehead atoms. The van der Waals surface area contributed by atoms with E-state index in [-0.39, 0.29) is 29.9 Å². The highest BCUT2D eigenvalue weighted by molar-refractivity contribution is 9.10. The topological polar surface area (TPSA) is 106 Å². The van der Waals surface area contributed by atoms with Crippen LogP contribution in [0.3, 0.4) is 0 Å². The number of rotatable bonds is 6. The van der Waals surface area contributed by atoms with Gasteiger partial charge in [0.15, 0.2) is 6.61 Å². The number of benzene rings is 2. The zero-order valence-electron chi connectivity index (χ0n) is 18.4. The molecule has 2 amide bonds. The number of halogens is 1. The number of hydrogen-bond acceptors (Lipinski definition) is 8. The van der Waals surface area contributed by atoms with Crippen molar-refractivity contribution in [2.75, 3.05) is 18.1 Å². The van der Waals surface area contributed by atoms with Crippen molar-refractivity contribution in [1.82, 2.24) is 4.98 Å². The molecule has 1 fully saturated rings. The summed E-state index contributed by atoms with van der Waals surface area (Å²) < 4.78 is 11.2. The molecule has 1 aromatic heterocycles. The molecule has 3 unspecified atom stereocenters. The van der Waals surface area contributed by atoms with Crippen LogP contribution in [0.5, 0.6) is 5.75 Å². The molecule has 11 heteroatoms. The van der Waals surface area contributed by atoms with Crippen molar-refractivity contribution in [3.05, 3.63) is 73.1 Å². The molecule has 0 radical (unpaired) electrons. The number of hydrogen-bond donors (Lipinski definition) is 1. The zero-order valence-corrected chi connectivity index (χ0v) is 21.6. The van der Waals surface area contributed by atoms with Gasteiger partial charge in [0.25, 0.3) is 0 Å². The summed E-state index contributed by atoms with van der Waals surface area (Å²) in [6.07, 6.45) is 0. The smallest absolute Gasteiger partial charge is 0.344 e. The van der Waals surface area contributed by atoms with Gasteiger partial charge in [0, 0.05) is 15.3 Å². The number of anilines is 1. The van der Waals surface area contributed by atoms with Gasteiger partial charge in [-0.05, 0) is 48.9 Å². The number of nitrogens with one attached hydrogen (secondary N) is 1. The Kier molecular flexibility index (Phi) is 6.56. The molecule has 1 saturated heterocycles. The van der Waals surface area contributed by atoms with E-state index in [9.17, 15) is 19.2 Å². The van der Waals surface area contributed by atoms with E-state index in [0.29, 0.717) is 16.5 Å². The third-order valence-corrected chi connectivity index (χ3v) is 8.74. The zero-order chi connectivity index (χ0) is 24.7. The Morgan fingerprint density at radius 1 is 1.06 bits per heavy atom. The SMILES string of the molecule is CCOC(=O)COc1ccc(C2c3sc(=O)[nH]c3SC3C(=O)N(c4ccc(Br)cc4)C(=O)C32)cc1. The van der Waals surface area contributed by atoms with E-state index in [1.54, 1.807) is 55.5 Å². The normalized spacial score (nSPS) is 21.0. The molecule has 1 N–H and O–H groups in total. The number of thioether (sulfide) groups is 1. The Balaban J connectivity index is 1.49. The minimum absolute atomic E-state index is 0.212. The first-order valence-electron chi connectivity index (χ1n) is 10.8. The molecule has 3 atom stereocenters. The molecule has 3 aromatic rings. The summed E-state index contributed by atoms with van der Waals surface area (Å²) in [4.78, 5) is 55.4. The van der Waals surface area contributed by atoms with Gasteiger partial charge >= 0.3 is 10.8 Å². The first kappa shape index (κ1) is 23.8. The maximum Gasteiger partial charge on any atom is 0.344 e. The number of H-pyrrole nitrogens is 1. The molecule has 3 heterocycles. The molecular formula is C24H19BrN2O6S2. The minimum Gasteiger partial charge on any atom is -0.482 e. The number of imide groups is 1. The Morgan fingerprint density at radius 2 is 1.77 bits per heavy atom. The second-order valence-corrected chi connectivity index (χ2v) is 11.0. The summed E-state index contributed by atoms with van der Waals surface area (Å²) in [6.45, 7) is 1.78. The lowest BCUT2D eigenvalue weighted by Crippen LogP contribution is -2.32. The molecule has 0 saturated carbocycles. The van der Waals surface area contributed by atoms with E-state index in [0.717, 1.165) is 26.3 Å². The average Bonchev–Trinajstić information content (AvgIpc) is 3.33. The van der Waals surface area contributed by atoms with Crippen LogP contribution in [0.25, 0.3) is 0 Å². The fraction of sp³-hybridized carbons (Fsp3) is 0.250. The van der Waals surface area contributed by atoms with Gasteiger partial charge in [0.2, 0.25) is 11.8 Å². The summed E-state index contributed by atoms with van der Waals surface area (Å²) in [6, 6.07) is 14.0. The Hall–Kier alpha value is -2.89. The highest BCUT2D eigenvalue weighted by atomic mass is 79.9. The fourth-order valence-electron chi connectivity index (χ4n) is 4.34. The second-order valence-electron chi connectivity index (χ2n) is 7.90. The molecule has 5 rings (SSSR count). The number of thiazole rings is 1. The van der Waals surface area contributed by atoms with Crippen LogP contribution in [0.1, 0.15) is 23.3 Å². The molecule has 2 aliphatic heterocycles. The van der Waals surface area contributed by atoms with Crippen molar-refractivity contribution < 1.29 is 23.9 Å². The number of fused-ring (bicyclic) bond motifs is 2. The molecule has 2 aromatic carbocycles. The monoisotopic (exact) mass is 574 g/mol. The van der Waals surface area contributed by atoms with Gasteiger partial charge in [-0.2, -0.15) is 0 Å². The highest BCUT2D eigenvalue weighted by Gasteiger charge is 2.56. The Labute approximate surface area is 216 Å². The Bertz CT molecular complexity index is 1350. The standard InChI is InChI=1S/C24H19BrN2O6S2/c1-2-32-16(28)11-33-15-9-3-12(4-10-15)17-18-20(34-21-19(17)35-24(31)26-21)23(30)27(22(18)29)14-7-5-13(25)6-8-14/h3-10,17-18,20H,2,11H2,1H3,(H,26,31). The maximum absolute atomic E-state index is 13.7. The quantitative estimate of drug-likeness (QED) is 0.351. The molecule has 8 nitrogen and oxygen atoms in total. The number of amides is 2. The van der Waals surface area contributed by atoms with E-state index in [1.807, 2.05) is 0 Å². The van der Waals surface area contributed by atoms with Crippen molar-refractivity contribution in [2.24, 2.45) is 5.92 Å². The van der Waals surface area contributed by atoms with Gasteiger partial charge in [-0.25, -0.2) is 9.69 Å². The molecule has 180 valence electrons. The van der Waals surface area contributed by atoms with Crippen molar-refractivity contribution in [1.29, 1.82) is 0 Å². The molecule has 2 aliphatic rings. The summed E-state index contributed by atoms with van der Waals surface area (Å²) in [5.41, 5.74) is 1.29. The number of nitrogens with zero attached hydrogens (tertiary/aromatic N) is 1. The molecule has 35 heavy (non-hydrogen) atoms. The number of aromatic nitrogens is 1. The van der Waals surface area contributed by atoms with Crippen LogP contribution < -0.4 is 14.5 Å². The van der Waals surface area contributed by atoms with Crippen LogP contribution in [0, 0.1) is 5.92 Å². The van der Waals surface area contributed by atoms with Gasteiger partial charge in [0.05, 0.1) is 23.2 Å². The van der Waals surface area contributed by atoms with Crippen molar-refractivity contribution in [2.45, 2.75) is 23.1 Å². The van der Waals surface area contributed by atoms with E-state index < -0.39 is 23.1 Å². The highest BCUT2D eigenvalue weighted by Crippen LogP contribution is 2.53. The second kappa shape index (κ2) is 9.63. The number of esters is 1. The number of carbonyl (C=O) groups is 3. The lowest BCUT2D eigenvalue weighted by molar-refractivity contribution is -0.145. The Morgan fingerprint density at radius 3 is 2.46 bits per heavy atom. The lowest BCUT2D eigenvalue weighted by atomic mass is 9.83. The van der Waals surface area contributed by atoms with Crippen LogP contribution in [-0.2, 0) is 19.1 Å². The average molecular weight is 575 g/mol. The van der Waals surface area contributed by atoms with Crippen molar-refractivity contribution in [3.63, 3.8) is 0 Å². The first-order chi connectivity index (χ1) is 16.9. The molecule has 0 spiro atoms. The van der Waals surface area contributed by atoms with E-state index >= 15 is 0 Å². The predicted octanol–water partition coefficient (Wildman–Crippen LogP) is 3.94. The largest absolute Gasteiger partial charge is 0.482 e. The van der Waals surface area contributed by atoms with Gasteiger partial charge < -0.3 is 14.5 Å². The fourth-order valence-corrected chi connectivity index (χ4v) is 7.12. The van der Waals surface area contributed by atoms with Crippen molar-refractivity contribution in [3.8, 4) is 5.75 Å². The van der Waals surface area contributed by atoms with Crippen LogP contribution in [0.4, 0.5) is 5.69 Å². The summed E-state index contributed by atoms with van der Waals surface area (Å²) in [5, 5.41) is -0.0404. The van der Waals surface area contributed by atoms with Gasteiger partial charge in [0.1, 0.15) is 11.0 Å². The summed E-state index contributed by atoms with van der Waals surface area (Å²) in [5.74, 6) is -1.74. The van der Waals surface area contributed by atoms with E-state index in [1.165, 1.54) is 16.7 Å². The van der Waals surface area contributed by atoms with Crippen LogP contribution in [0.15, 0.2) is 62.8 Å². The van der Waals surface area contributed by atoms with E-state index in [2.05, 4.69) is 20.9 Å². The van der Waals surface area contributed by atoms with Crippen LogP contribution in [-0.4, -0.2) is 41.2 Å². The first-order valence-corrected chi connectivity index (χ1v) is 13.3. The predicted molar refractivity (Wildman–Crippen MR) is 135 cm³/mol. The number of carbonyl (C=O) groups excluding carboxylic acids is 3. The lowest BCUT2D eigenvalue weighted by Gasteiger charge is -2.29. The third-order valence-electron chi connectivity index (χ3n) is 5.81. The van der Waals surface area contributed by atoms with Gasteiger partial charge in [-0.3, -0.25) is 14.4 Å². The number of aromatic amines is 1. The third kappa shape index (κ3) is 4.43. The minimum atomic E-state index is -0.665. The maximum atomic E-state index is 13.7.